The van der Waals surface area contributed by atoms with E-state index < -0.39 is 30.4 Å². The van der Waals surface area contributed by atoms with E-state index in [-0.39, 0.29) is 28.3 Å². The van der Waals surface area contributed by atoms with Crippen LogP contribution in [0, 0.1) is 6.92 Å². The number of carbonyl (C=O) groups is 4. The van der Waals surface area contributed by atoms with E-state index in [2.05, 4.69) is 19.9 Å². The first-order valence-corrected chi connectivity index (χ1v) is 8.93. The van der Waals surface area contributed by atoms with Gasteiger partial charge >= 0.3 is 17.9 Å². The van der Waals surface area contributed by atoms with Gasteiger partial charge in [-0.3, -0.25) is 4.79 Å². The molecule has 1 amide bonds. The van der Waals surface area contributed by atoms with E-state index in [1.807, 2.05) is 13.8 Å². The van der Waals surface area contributed by atoms with Crippen LogP contribution in [0.3, 0.4) is 0 Å². The molecule has 0 bridgehead atoms. The lowest BCUT2D eigenvalue weighted by atomic mass is 10.1. The molecule has 0 spiro atoms. The fraction of sp³-hybridized carbons (Fsp3) is 0.350. The Balaban J connectivity index is 2.16. The van der Waals surface area contributed by atoms with Crippen molar-refractivity contribution >= 4 is 29.5 Å². The van der Waals surface area contributed by atoms with Gasteiger partial charge in [0.05, 0.1) is 36.7 Å². The molecule has 2 rings (SSSR count). The minimum Gasteiger partial charge on any atom is -0.465 e. The maximum Gasteiger partial charge on any atom is 0.344 e. The Labute approximate surface area is 172 Å². The number of esters is 3. The topological polar surface area (TPSA) is 134 Å². The van der Waals surface area contributed by atoms with Crippen molar-refractivity contribution in [1.82, 2.24) is 5.16 Å². The summed E-state index contributed by atoms with van der Waals surface area (Å²) in [5, 5.41) is 6.19. The maximum absolute atomic E-state index is 12.4. The van der Waals surface area contributed by atoms with Gasteiger partial charge in [-0.15, -0.1) is 0 Å². The average molecular weight is 418 g/mol. The van der Waals surface area contributed by atoms with Gasteiger partial charge in [0.25, 0.3) is 5.91 Å². The highest BCUT2D eigenvalue weighted by atomic mass is 16.5. The fourth-order valence-electron chi connectivity index (χ4n) is 2.60. The number of rotatable bonds is 7. The first-order chi connectivity index (χ1) is 14.2. The van der Waals surface area contributed by atoms with E-state index >= 15 is 0 Å². The van der Waals surface area contributed by atoms with E-state index in [9.17, 15) is 19.2 Å². The van der Waals surface area contributed by atoms with Crippen molar-refractivity contribution in [3.63, 3.8) is 0 Å². The molecule has 2 aromatic rings. The minimum absolute atomic E-state index is 0.00910. The molecule has 0 unspecified atom stereocenters. The number of methoxy groups -OCH3 is 2. The molecule has 160 valence electrons. The number of hydrogen-bond donors (Lipinski definition) is 1. The van der Waals surface area contributed by atoms with Gasteiger partial charge in [-0.25, -0.2) is 14.4 Å². The number of nitrogens with one attached hydrogen (secondary N) is 1. The number of amides is 1. The normalized spacial score (nSPS) is 10.5. The van der Waals surface area contributed by atoms with Gasteiger partial charge in [-0.05, 0) is 25.1 Å². The molecule has 1 N–H and O–H groups in total. The summed E-state index contributed by atoms with van der Waals surface area (Å²) >= 11 is 0. The van der Waals surface area contributed by atoms with Gasteiger partial charge in [0, 0.05) is 5.92 Å². The molecule has 10 heteroatoms. The highest BCUT2D eigenvalue weighted by Crippen LogP contribution is 2.23. The molecule has 0 saturated carbocycles. The number of aromatic nitrogens is 1. The lowest BCUT2D eigenvalue weighted by molar-refractivity contribution is -0.119. The number of ether oxygens (including phenoxy) is 3. The van der Waals surface area contributed by atoms with E-state index in [1.165, 1.54) is 32.4 Å². The summed E-state index contributed by atoms with van der Waals surface area (Å²) in [6, 6.07) is 3.93. The van der Waals surface area contributed by atoms with Crippen LogP contribution in [0.15, 0.2) is 22.7 Å². The lowest BCUT2D eigenvalue weighted by Gasteiger charge is -2.12. The van der Waals surface area contributed by atoms with Crippen LogP contribution in [0.1, 0.15) is 62.3 Å². The molecular formula is C20H22N2O8. The number of hydrogen-bond acceptors (Lipinski definition) is 9. The summed E-state index contributed by atoms with van der Waals surface area (Å²) in [6.07, 6.45) is 0. The molecule has 0 aliphatic carbocycles. The molecule has 0 aliphatic heterocycles. The Morgan fingerprint density at radius 1 is 1.07 bits per heavy atom. The Morgan fingerprint density at radius 2 is 1.73 bits per heavy atom. The standard InChI is InChI=1S/C20H22N2O8/c1-10(2)17-16(11(3)22-30-17)20(26)29-9-15(23)21-14-8-12(18(24)27-4)6-7-13(14)19(25)28-5/h6-8,10H,9H2,1-5H3,(H,21,23). The van der Waals surface area contributed by atoms with Crippen molar-refractivity contribution < 1.29 is 37.9 Å². The van der Waals surface area contributed by atoms with Gasteiger partial charge in [0.2, 0.25) is 0 Å². The van der Waals surface area contributed by atoms with Crippen LogP contribution < -0.4 is 5.32 Å². The van der Waals surface area contributed by atoms with Crippen LogP contribution in [0.4, 0.5) is 5.69 Å². The highest BCUT2D eigenvalue weighted by Gasteiger charge is 2.25. The van der Waals surface area contributed by atoms with E-state index in [1.54, 1.807) is 6.92 Å². The zero-order valence-electron chi connectivity index (χ0n) is 17.2. The number of nitrogens with zero attached hydrogens (tertiary/aromatic N) is 1. The van der Waals surface area contributed by atoms with Crippen LogP contribution in [0.5, 0.6) is 0 Å². The lowest BCUT2D eigenvalue weighted by Crippen LogP contribution is -2.23. The minimum atomic E-state index is -0.760. The zero-order valence-corrected chi connectivity index (χ0v) is 17.2. The van der Waals surface area contributed by atoms with Gasteiger partial charge in [0.1, 0.15) is 5.56 Å². The van der Waals surface area contributed by atoms with Gasteiger partial charge in [-0.1, -0.05) is 19.0 Å². The molecule has 1 heterocycles. The van der Waals surface area contributed by atoms with Crippen molar-refractivity contribution in [2.24, 2.45) is 0 Å². The third kappa shape index (κ3) is 5.02. The van der Waals surface area contributed by atoms with Crippen molar-refractivity contribution in [2.45, 2.75) is 26.7 Å². The van der Waals surface area contributed by atoms with Crippen LogP contribution in [-0.4, -0.2) is 49.8 Å². The molecule has 0 saturated heterocycles. The Bertz CT molecular complexity index is 977. The molecule has 1 aromatic carbocycles. The predicted octanol–water partition coefficient (Wildman–Crippen LogP) is 2.48. The SMILES string of the molecule is COC(=O)c1ccc(C(=O)OC)c(NC(=O)COC(=O)c2c(C)noc2C(C)C)c1. The summed E-state index contributed by atoms with van der Waals surface area (Å²) in [7, 11) is 2.38. The van der Waals surface area contributed by atoms with Gasteiger partial charge in [-0.2, -0.15) is 0 Å². The summed E-state index contributed by atoms with van der Waals surface area (Å²) < 4.78 is 19.5. The van der Waals surface area contributed by atoms with E-state index in [4.69, 9.17) is 9.26 Å². The molecule has 0 aliphatic rings. The van der Waals surface area contributed by atoms with Crippen LogP contribution in [0.2, 0.25) is 0 Å². The van der Waals surface area contributed by atoms with Crippen molar-refractivity contribution in [1.29, 1.82) is 0 Å². The van der Waals surface area contributed by atoms with Crippen LogP contribution in [0.25, 0.3) is 0 Å². The Kier molecular flexibility index (Phi) is 7.29. The monoisotopic (exact) mass is 418 g/mol. The molecule has 1 aromatic heterocycles. The average Bonchev–Trinajstić information content (AvgIpc) is 3.12. The summed E-state index contributed by atoms with van der Waals surface area (Å²) in [6.45, 7) is 4.61. The second kappa shape index (κ2) is 9.68. The molecule has 30 heavy (non-hydrogen) atoms. The van der Waals surface area contributed by atoms with Gasteiger partial charge < -0.3 is 24.1 Å². The summed E-state index contributed by atoms with van der Waals surface area (Å²) in [4.78, 5) is 48.3. The highest BCUT2D eigenvalue weighted by molar-refractivity contribution is 6.04. The van der Waals surface area contributed by atoms with Crippen molar-refractivity contribution in [3.05, 3.63) is 46.3 Å². The largest absolute Gasteiger partial charge is 0.465 e. The molecular weight excluding hydrogens is 396 g/mol. The smallest absolute Gasteiger partial charge is 0.344 e. The Hall–Kier alpha value is -3.69. The maximum atomic E-state index is 12.4. The van der Waals surface area contributed by atoms with E-state index in [0.29, 0.717) is 11.5 Å². The summed E-state index contributed by atoms with van der Waals surface area (Å²) in [5.74, 6) is -2.61. The number of anilines is 1. The third-order valence-corrected chi connectivity index (χ3v) is 4.07. The second-order valence-corrected chi connectivity index (χ2v) is 6.53. The zero-order chi connectivity index (χ0) is 22.4. The number of aryl methyl sites for hydroxylation is 1. The third-order valence-electron chi connectivity index (χ3n) is 4.07. The number of carbonyl (C=O) groups excluding carboxylic acids is 4. The van der Waals surface area contributed by atoms with Crippen LogP contribution >= 0.6 is 0 Å². The van der Waals surface area contributed by atoms with Crippen LogP contribution in [-0.2, 0) is 19.0 Å². The number of benzene rings is 1. The Morgan fingerprint density at radius 3 is 2.33 bits per heavy atom. The molecule has 0 radical (unpaired) electrons. The molecule has 0 atom stereocenters. The van der Waals surface area contributed by atoms with E-state index in [0.717, 1.165) is 0 Å². The first-order valence-electron chi connectivity index (χ1n) is 8.93. The second-order valence-electron chi connectivity index (χ2n) is 6.53. The van der Waals surface area contributed by atoms with Crippen molar-refractivity contribution in [3.8, 4) is 0 Å². The molecule has 0 fully saturated rings. The van der Waals surface area contributed by atoms with Gasteiger partial charge in [0.15, 0.2) is 12.4 Å². The predicted molar refractivity (Wildman–Crippen MR) is 103 cm³/mol. The summed E-state index contributed by atoms with van der Waals surface area (Å²) in [5.41, 5.74) is 0.652. The van der Waals surface area contributed by atoms with Crippen molar-refractivity contribution in [2.75, 3.05) is 26.1 Å². The quantitative estimate of drug-likeness (QED) is 0.531. The molecule has 10 nitrogen and oxygen atoms in total. The fourth-order valence-corrected chi connectivity index (χ4v) is 2.60. The first kappa shape index (κ1) is 22.6.